The number of rotatable bonds is 5. The molecule has 1 aliphatic rings. The number of hydrogen-bond donors (Lipinski definition) is 2. The number of ether oxygens (including phenoxy) is 2. The maximum Gasteiger partial charge on any atom is 0.317 e. The average molecular weight is 294 g/mol. The van der Waals surface area contributed by atoms with Gasteiger partial charge in [0.15, 0.2) is 11.5 Å². The summed E-state index contributed by atoms with van der Waals surface area (Å²) in [5.74, 6) is 0.493. The van der Waals surface area contributed by atoms with Crippen molar-refractivity contribution in [2.45, 2.75) is 25.5 Å². The molecule has 2 N–H and O–H groups in total. The first kappa shape index (κ1) is 15.4. The van der Waals surface area contributed by atoms with Crippen molar-refractivity contribution in [1.29, 1.82) is 0 Å². The molecule has 1 heterocycles. The van der Waals surface area contributed by atoms with Crippen molar-refractivity contribution in [3.63, 3.8) is 0 Å². The lowest BCUT2D eigenvalue weighted by Gasteiger charge is -2.19. The SMILES string of the molecule is COc1ccc(CN(C)C(=O)NCC2CCCO2)cc1O. The second-order valence-electron chi connectivity index (χ2n) is 5.18. The van der Waals surface area contributed by atoms with Crippen molar-refractivity contribution in [3.05, 3.63) is 23.8 Å². The highest BCUT2D eigenvalue weighted by Gasteiger charge is 2.17. The van der Waals surface area contributed by atoms with Crippen LogP contribution in [0.5, 0.6) is 11.5 Å². The molecular weight excluding hydrogens is 272 g/mol. The molecule has 0 bridgehead atoms. The fourth-order valence-corrected chi connectivity index (χ4v) is 2.32. The van der Waals surface area contributed by atoms with Crippen LogP contribution in [-0.4, -0.2) is 49.5 Å². The minimum atomic E-state index is -0.152. The van der Waals surface area contributed by atoms with Gasteiger partial charge in [-0.15, -0.1) is 0 Å². The second kappa shape index (κ2) is 7.17. The third-order valence-electron chi connectivity index (χ3n) is 3.51. The highest BCUT2D eigenvalue weighted by atomic mass is 16.5. The molecular formula is C15H22N2O4. The number of methoxy groups -OCH3 is 1. The van der Waals surface area contributed by atoms with Gasteiger partial charge in [0.2, 0.25) is 0 Å². The van der Waals surface area contributed by atoms with Crippen LogP contribution in [0, 0.1) is 0 Å². The van der Waals surface area contributed by atoms with Gasteiger partial charge in [0.1, 0.15) is 0 Å². The molecule has 0 spiro atoms. The number of benzene rings is 1. The zero-order valence-corrected chi connectivity index (χ0v) is 12.5. The number of carbonyl (C=O) groups excluding carboxylic acids is 1. The number of urea groups is 1. The molecule has 1 aromatic rings. The third kappa shape index (κ3) is 4.26. The maximum absolute atomic E-state index is 12.0. The summed E-state index contributed by atoms with van der Waals surface area (Å²) < 4.78 is 10.5. The summed E-state index contributed by atoms with van der Waals surface area (Å²) in [6.45, 7) is 1.73. The van der Waals surface area contributed by atoms with E-state index in [1.807, 2.05) is 6.07 Å². The summed E-state index contributed by atoms with van der Waals surface area (Å²) in [7, 11) is 3.21. The van der Waals surface area contributed by atoms with Crippen LogP contribution in [0.1, 0.15) is 18.4 Å². The molecule has 116 valence electrons. The number of nitrogens with zero attached hydrogens (tertiary/aromatic N) is 1. The normalized spacial score (nSPS) is 17.5. The van der Waals surface area contributed by atoms with E-state index in [1.54, 1.807) is 24.1 Å². The predicted octanol–water partition coefficient (Wildman–Crippen LogP) is 1.72. The third-order valence-corrected chi connectivity index (χ3v) is 3.51. The van der Waals surface area contributed by atoms with Crippen molar-refractivity contribution in [3.8, 4) is 11.5 Å². The first-order valence-electron chi connectivity index (χ1n) is 7.06. The van der Waals surface area contributed by atoms with Crippen LogP contribution in [0.3, 0.4) is 0 Å². The summed E-state index contributed by atoms with van der Waals surface area (Å²) >= 11 is 0. The van der Waals surface area contributed by atoms with E-state index in [0.29, 0.717) is 18.8 Å². The molecule has 2 amide bonds. The van der Waals surface area contributed by atoms with Gasteiger partial charge in [0.05, 0.1) is 13.2 Å². The van der Waals surface area contributed by atoms with Crippen LogP contribution < -0.4 is 10.1 Å². The van der Waals surface area contributed by atoms with Gasteiger partial charge in [-0.25, -0.2) is 4.79 Å². The molecule has 1 saturated heterocycles. The lowest BCUT2D eigenvalue weighted by atomic mass is 10.2. The molecule has 21 heavy (non-hydrogen) atoms. The number of aromatic hydroxyl groups is 1. The molecule has 1 atom stereocenters. The highest BCUT2D eigenvalue weighted by Crippen LogP contribution is 2.26. The van der Waals surface area contributed by atoms with Gasteiger partial charge >= 0.3 is 6.03 Å². The van der Waals surface area contributed by atoms with Crippen LogP contribution in [-0.2, 0) is 11.3 Å². The van der Waals surface area contributed by atoms with E-state index in [2.05, 4.69) is 5.32 Å². The number of phenolic OH excluding ortho intramolecular Hbond substituents is 1. The fourth-order valence-electron chi connectivity index (χ4n) is 2.32. The molecule has 2 rings (SSSR count). The van der Waals surface area contributed by atoms with Gasteiger partial charge in [0.25, 0.3) is 0 Å². The Kier molecular flexibility index (Phi) is 5.27. The van der Waals surface area contributed by atoms with Gasteiger partial charge in [-0.05, 0) is 30.5 Å². The fraction of sp³-hybridized carbons (Fsp3) is 0.533. The highest BCUT2D eigenvalue weighted by molar-refractivity contribution is 5.73. The van der Waals surface area contributed by atoms with Crippen molar-refractivity contribution < 1.29 is 19.4 Å². The molecule has 6 heteroatoms. The van der Waals surface area contributed by atoms with Crippen LogP contribution in [0.2, 0.25) is 0 Å². The topological polar surface area (TPSA) is 71.0 Å². The Bertz CT molecular complexity index is 487. The Labute approximate surface area is 124 Å². The van der Waals surface area contributed by atoms with Crippen LogP contribution in [0.4, 0.5) is 4.79 Å². The summed E-state index contributed by atoms with van der Waals surface area (Å²) in [6.07, 6.45) is 2.19. The zero-order valence-electron chi connectivity index (χ0n) is 12.5. The molecule has 0 radical (unpaired) electrons. The van der Waals surface area contributed by atoms with E-state index in [9.17, 15) is 9.90 Å². The molecule has 1 fully saturated rings. The lowest BCUT2D eigenvalue weighted by molar-refractivity contribution is 0.109. The van der Waals surface area contributed by atoms with E-state index in [-0.39, 0.29) is 17.9 Å². The Morgan fingerprint density at radius 2 is 2.38 bits per heavy atom. The Morgan fingerprint density at radius 3 is 3.00 bits per heavy atom. The monoisotopic (exact) mass is 294 g/mol. The number of nitrogens with one attached hydrogen (secondary N) is 1. The van der Waals surface area contributed by atoms with Crippen molar-refractivity contribution in [2.75, 3.05) is 27.3 Å². The van der Waals surface area contributed by atoms with Gasteiger partial charge in [-0.1, -0.05) is 6.07 Å². The largest absolute Gasteiger partial charge is 0.504 e. The standard InChI is InChI=1S/C15H22N2O4/c1-17(15(19)16-9-12-4-3-7-21-12)10-11-5-6-14(20-2)13(18)8-11/h5-6,8,12,18H,3-4,7,9-10H2,1-2H3,(H,16,19). The zero-order chi connectivity index (χ0) is 15.2. The van der Waals surface area contributed by atoms with E-state index in [1.165, 1.54) is 7.11 Å². The molecule has 6 nitrogen and oxygen atoms in total. The quantitative estimate of drug-likeness (QED) is 0.867. The maximum atomic E-state index is 12.0. The van der Waals surface area contributed by atoms with E-state index in [4.69, 9.17) is 9.47 Å². The van der Waals surface area contributed by atoms with Gasteiger partial charge in [0, 0.05) is 26.7 Å². The first-order chi connectivity index (χ1) is 10.1. The van der Waals surface area contributed by atoms with Crippen LogP contribution >= 0.6 is 0 Å². The molecule has 0 saturated carbocycles. The molecule has 0 aliphatic carbocycles. The summed E-state index contributed by atoms with van der Waals surface area (Å²) in [5, 5.41) is 12.6. The average Bonchev–Trinajstić information content (AvgIpc) is 2.98. The molecule has 1 unspecified atom stereocenters. The lowest BCUT2D eigenvalue weighted by Crippen LogP contribution is -2.40. The molecule has 1 aromatic carbocycles. The van der Waals surface area contributed by atoms with E-state index < -0.39 is 0 Å². The summed E-state index contributed by atoms with van der Waals surface area (Å²) in [5.41, 5.74) is 0.836. The Balaban J connectivity index is 1.83. The van der Waals surface area contributed by atoms with E-state index in [0.717, 1.165) is 25.0 Å². The number of hydrogen-bond acceptors (Lipinski definition) is 4. The van der Waals surface area contributed by atoms with Crippen LogP contribution in [0.25, 0.3) is 0 Å². The van der Waals surface area contributed by atoms with Gasteiger partial charge < -0.3 is 24.8 Å². The first-order valence-corrected chi connectivity index (χ1v) is 7.06. The van der Waals surface area contributed by atoms with Crippen LogP contribution in [0.15, 0.2) is 18.2 Å². The summed E-state index contributed by atoms with van der Waals surface area (Å²) in [6, 6.07) is 4.95. The van der Waals surface area contributed by atoms with Crippen molar-refractivity contribution >= 4 is 6.03 Å². The minimum Gasteiger partial charge on any atom is -0.504 e. The summed E-state index contributed by atoms with van der Waals surface area (Å²) in [4.78, 5) is 13.5. The van der Waals surface area contributed by atoms with Crippen molar-refractivity contribution in [1.82, 2.24) is 10.2 Å². The Morgan fingerprint density at radius 1 is 1.57 bits per heavy atom. The van der Waals surface area contributed by atoms with Crippen molar-refractivity contribution in [2.24, 2.45) is 0 Å². The van der Waals surface area contributed by atoms with Gasteiger partial charge in [-0.3, -0.25) is 0 Å². The predicted molar refractivity (Wildman–Crippen MR) is 78.5 cm³/mol. The smallest absolute Gasteiger partial charge is 0.317 e. The molecule has 1 aliphatic heterocycles. The Hall–Kier alpha value is -1.95. The number of amides is 2. The number of phenols is 1. The number of carbonyl (C=O) groups is 1. The van der Waals surface area contributed by atoms with E-state index >= 15 is 0 Å². The van der Waals surface area contributed by atoms with Gasteiger partial charge in [-0.2, -0.15) is 0 Å². The molecule has 0 aromatic heterocycles. The minimum absolute atomic E-state index is 0.0724. The second-order valence-corrected chi connectivity index (χ2v) is 5.18.